The number of carboxylic acid groups (broad SMARTS) is 2. The van der Waals surface area contributed by atoms with Crippen LogP contribution in [0.25, 0.3) is 0 Å². The SMILES string of the molecule is O=C(O)C[C@@H](NC(=O)c1cnsn1)C(=O)O. The van der Waals surface area contributed by atoms with Crippen LogP contribution in [0.5, 0.6) is 0 Å². The van der Waals surface area contributed by atoms with Crippen molar-refractivity contribution >= 4 is 29.6 Å². The second kappa shape index (κ2) is 5.16. The van der Waals surface area contributed by atoms with Crippen molar-refractivity contribution in [1.29, 1.82) is 0 Å². The van der Waals surface area contributed by atoms with Gasteiger partial charge in [-0.25, -0.2) is 4.79 Å². The van der Waals surface area contributed by atoms with Crippen molar-refractivity contribution in [2.24, 2.45) is 0 Å². The van der Waals surface area contributed by atoms with Crippen LogP contribution in [0.4, 0.5) is 0 Å². The molecule has 0 unspecified atom stereocenters. The quantitative estimate of drug-likeness (QED) is 0.618. The predicted molar refractivity (Wildman–Crippen MR) is 51.1 cm³/mol. The molecule has 0 saturated carbocycles. The van der Waals surface area contributed by atoms with Crippen LogP contribution in [-0.4, -0.2) is 42.8 Å². The molecule has 1 amide bonds. The highest BCUT2D eigenvalue weighted by Gasteiger charge is 2.24. The summed E-state index contributed by atoms with van der Waals surface area (Å²) in [6.07, 6.45) is 0.471. The largest absolute Gasteiger partial charge is 0.481 e. The summed E-state index contributed by atoms with van der Waals surface area (Å²) in [6, 6.07) is -1.48. The third kappa shape index (κ3) is 3.28. The first-order valence-corrected chi connectivity index (χ1v) is 4.76. The summed E-state index contributed by atoms with van der Waals surface area (Å²) in [5, 5.41) is 19.1. The van der Waals surface area contributed by atoms with Crippen LogP contribution in [0.15, 0.2) is 6.20 Å². The van der Waals surface area contributed by atoms with E-state index < -0.39 is 30.3 Å². The Bertz CT molecular complexity index is 404. The van der Waals surface area contributed by atoms with Crippen LogP contribution >= 0.6 is 11.7 Å². The molecule has 0 aliphatic carbocycles. The van der Waals surface area contributed by atoms with E-state index in [1.54, 1.807) is 0 Å². The number of aromatic nitrogens is 2. The zero-order valence-electron chi connectivity index (χ0n) is 7.78. The zero-order chi connectivity index (χ0) is 12.1. The Morgan fingerprint density at radius 1 is 1.44 bits per heavy atom. The molecule has 0 bridgehead atoms. The number of nitrogens with one attached hydrogen (secondary N) is 1. The topological polar surface area (TPSA) is 129 Å². The minimum atomic E-state index is -1.48. The summed E-state index contributed by atoms with van der Waals surface area (Å²) in [4.78, 5) is 32.3. The van der Waals surface area contributed by atoms with E-state index in [1.807, 2.05) is 5.32 Å². The molecule has 86 valence electrons. The average molecular weight is 245 g/mol. The fraction of sp³-hybridized carbons (Fsp3) is 0.286. The average Bonchev–Trinajstić information content (AvgIpc) is 2.68. The van der Waals surface area contributed by atoms with Gasteiger partial charge in [0.05, 0.1) is 24.3 Å². The van der Waals surface area contributed by atoms with Gasteiger partial charge in [0.15, 0.2) is 5.69 Å². The van der Waals surface area contributed by atoms with Crippen molar-refractivity contribution in [3.63, 3.8) is 0 Å². The lowest BCUT2D eigenvalue weighted by atomic mass is 10.2. The Hall–Kier alpha value is -2.03. The molecule has 0 fully saturated rings. The van der Waals surface area contributed by atoms with E-state index in [4.69, 9.17) is 10.2 Å². The molecule has 0 saturated heterocycles. The summed E-state index contributed by atoms with van der Waals surface area (Å²) in [5.41, 5.74) is -0.0401. The Labute approximate surface area is 93.2 Å². The summed E-state index contributed by atoms with van der Waals surface area (Å²) in [7, 11) is 0. The number of nitrogens with zero attached hydrogens (tertiary/aromatic N) is 2. The van der Waals surface area contributed by atoms with Gasteiger partial charge in [0.2, 0.25) is 0 Å². The predicted octanol–water partition coefficient (Wildman–Crippen LogP) is -0.804. The Kier molecular flexibility index (Phi) is 3.89. The van der Waals surface area contributed by atoms with Crippen LogP contribution in [0.2, 0.25) is 0 Å². The first-order chi connectivity index (χ1) is 7.50. The highest BCUT2D eigenvalue weighted by molar-refractivity contribution is 6.99. The molecule has 0 aromatic carbocycles. The molecule has 1 aromatic heterocycles. The Balaban J connectivity index is 2.65. The van der Waals surface area contributed by atoms with Crippen molar-refractivity contribution in [3.05, 3.63) is 11.9 Å². The molecule has 1 atom stereocenters. The van der Waals surface area contributed by atoms with E-state index in [2.05, 4.69) is 8.75 Å². The lowest BCUT2D eigenvalue weighted by Gasteiger charge is -2.10. The number of amides is 1. The Morgan fingerprint density at radius 3 is 2.56 bits per heavy atom. The standard InChI is InChI=1S/C7H7N3O5S/c11-5(12)1-3(7(14)15)9-6(13)4-2-8-16-10-4/h2-3H,1H2,(H,9,13)(H,11,12)(H,14,15)/t3-/m1/s1. The monoisotopic (exact) mass is 245 g/mol. The highest BCUT2D eigenvalue weighted by atomic mass is 32.1. The van der Waals surface area contributed by atoms with E-state index in [9.17, 15) is 14.4 Å². The van der Waals surface area contributed by atoms with Gasteiger partial charge < -0.3 is 15.5 Å². The van der Waals surface area contributed by atoms with Gasteiger partial charge in [-0.05, 0) is 0 Å². The second-order valence-electron chi connectivity index (χ2n) is 2.75. The third-order valence-electron chi connectivity index (χ3n) is 1.58. The third-order valence-corrected chi connectivity index (χ3v) is 2.05. The summed E-state index contributed by atoms with van der Waals surface area (Å²) >= 11 is 0.793. The van der Waals surface area contributed by atoms with Gasteiger partial charge in [-0.15, -0.1) is 0 Å². The van der Waals surface area contributed by atoms with E-state index in [-0.39, 0.29) is 5.69 Å². The molecular formula is C7H7N3O5S. The van der Waals surface area contributed by atoms with E-state index in [0.717, 1.165) is 11.7 Å². The van der Waals surface area contributed by atoms with Crippen LogP contribution in [0.1, 0.15) is 16.9 Å². The molecule has 0 aliphatic rings. The summed E-state index contributed by atoms with van der Waals surface area (Å²) < 4.78 is 7.15. The van der Waals surface area contributed by atoms with Gasteiger partial charge in [-0.2, -0.15) is 8.75 Å². The van der Waals surface area contributed by atoms with Crippen molar-refractivity contribution in [2.45, 2.75) is 12.5 Å². The van der Waals surface area contributed by atoms with Crippen molar-refractivity contribution in [3.8, 4) is 0 Å². The van der Waals surface area contributed by atoms with Crippen molar-refractivity contribution in [2.75, 3.05) is 0 Å². The van der Waals surface area contributed by atoms with Crippen LogP contribution < -0.4 is 5.32 Å². The number of carbonyl (C=O) groups excluding carboxylic acids is 1. The van der Waals surface area contributed by atoms with E-state index >= 15 is 0 Å². The molecule has 1 aromatic rings. The lowest BCUT2D eigenvalue weighted by molar-refractivity contribution is -0.145. The fourth-order valence-corrected chi connectivity index (χ4v) is 1.28. The maximum absolute atomic E-state index is 11.3. The first kappa shape index (κ1) is 12.0. The van der Waals surface area contributed by atoms with Gasteiger partial charge >= 0.3 is 11.9 Å². The van der Waals surface area contributed by atoms with Gasteiger partial charge in [-0.1, -0.05) is 0 Å². The van der Waals surface area contributed by atoms with Gasteiger partial charge in [0, 0.05) is 0 Å². The Morgan fingerprint density at radius 2 is 2.12 bits per heavy atom. The smallest absolute Gasteiger partial charge is 0.326 e. The van der Waals surface area contributed by atoms with Gasteiger partial charge in [-0.3, -0.25) is 9.59 Å². The summed E-state index contributed by atoms with van der Waals surface area (Å²) in [6.45, 7) is 0. The molecule has 3 N–H and O–H groups in total. The minimum Gasteiger partial charge on any atom is -0.481 e. The normalized spacial score (nSPS) is 11.8. The van der Waals surface area contributed by atoms with Gasteiger partial charge in [0.1, 0.15) is 6.04 Å². The molecule has 0 spiro atoms. The lowest BCUT2D eigenvalue weighted by Crippen LogP contribution is -2.42. The minimum absolute atomic E-state index is 0.0401. The number of carbonyl (C=O) groups is 3. The maximum atomic E-state index is 11.3. The van der Waals surface area contributed by atoms with Crippen LogP contribution in [-0.2, 0) is 9.59 Å². The molecule has 8 nitrogen and oxygen atoms in total. The van der Waals surface area contributed by atoms with Crippen molar-refractivity contribution < 1.29 is 24.6 Å². The molecule has 1 rings (SSSR count). The fourth-order valence-electron chi connectivity index (χ4n) is 0.872. The molecule has 0 aliphatic heterocycles. The molecular weight excluding hydrogens is 238 g/mol. The van der Waals surface area contributed by atoms with Crippen LogP contribution in [0, 0.1) is 0 Å². The van der Waals surface area contributed by atoms with Crippen LogP contribution in [0.3, 0.4) is 0 Å². The maximum Gasteiger partial charge on any atom is 0.326 e. The molecule has 16 heavy (non-hydrogen) atoms. The number of hydrogen-bond acceptors (Lipinski definition) is 6. The van der Waals surface area contributed by atoms with Gasteiger partial charge in [0.25, 0.3) is 5.91 Å². The highest BCUT2D eigenvalue weighted by Crippen LogP contribution is 1.98. The van der Waals surface area contributed by atoms with E-state index in [1.165, 1.54) is 6.20 Å². The summed E-state index contributed by atoms with van der Waals surface area (Å²) in [5.74, 6) is -3.49. The number of aliphatic carboxylic acids is 2. The second-order valence-corrected chi connectivity index (χ2v) is 3.31. The molecule has 0 radical (unpaired) electrons. The zero-order valence-corrected chi connectivity index (χ0v) is 8.60. The first-order valence-electron chi connectivity index (χ1n) is 4.03. The molecule has 9 heteroatoms. The number of carboxylic acids is 2. The number of rotatable bonds is 5. The van der Waals surface area contributed by atoms with Crippen molar-refractivity contribution in [1.82, 2.24) is 14.1 Å². The van der Waals surface area contributed by atoms with E-state index in [0.29, 0.717) is 0 Å². The number of hydrogen-bond donors (Lipinski definition) is 3. The molecule has 1 heterocycles.